The van der Waals surface area contributed by atoms with Crippen LogP contribution in [0.1, 0.15) is 16.8 Å². The van der Waals surface area contributed by atoms with Crippen LogP contribution >= 0.6 is 11.6 Å². The van der Waals surface area contributed by atoms with E-state index in [9.17, 15) is 19.1 Å². The van der Waals surface area contributed by atoms with E-state index >= 15 is 0 Å². The number of aliphatic hydroxyl groups is 1. The van der Waals surface area contributed by atoms with Gasteiger partial charge in [-0.05, 0) is 42.8 Å². The van der Waals surface area contributed by atoms with Gasteiger partial charge in [-0.1, -0.05) is 29.8 Å². The molecular formula is C23H21ClFN3O4. The van der Waals surface area contributed by atoms with Crippen LogP contribution in [0.2, 0.25) is 5.02 Å². The number of ether oxygens (including phenoxy) is 1. The molecule has 2 aromatic carbocycles. The molecule has 2 N–H and O–H groups in total. The van der Waals surface area contributed by atoms with Crippen molar-refractivity contribution in [3.8, 4) is 16.9 Å². The maximum absolute atomic E-state index is 13.8. The second kappa shape index (κ2) is 9.60. The van der Waals surface area contributed by atoms with Crippen LogP contribution < -0.4 is 10.9 Å². The molecule has 1 fully saturated rings. The molecule has 2 atom stereocenters. The lowest BCUT2D eigenvalue weighted by Crippen LogP contribution is -2.45. The van der Waals surface area contributed by atoms with Gasteiger partial charge in [0.15, 0.2) is 0 Å². The SMILES string of the molecule is O=C(N[C@@H](CO)[C@@H]1CCOC1)c1cc(-c2ccc(Cl)cc2)nn(-c2cccc(F)c2)c1=O. The third kappa shape index (κ3) is 4.72. The van der Waals surface area contributed by atoms with Crippen molar-refractivity contribution in [3.05, 3.63) is 81.4 Å². The van der Waals surface area contributed by atoms with E-state index in [-0.39, 0.29) is 23.8 Å². The number of hydrogen-bond donors (Lipinski definition) is 2. The molecule has 1 aromatic heterocycles. The second-order valence-electron chi connectivity index (χ2n) is 7.53. The number of aliphatic hydroxyl groups excluding tert-OH is 1. The first kappa shape index (κ1) is 22.1. The van der Waals surface area contributed by atoms with Gasteiger partial charge in [-0.25, -0.2) is 4.39 Å². The van der Waals surface area contributed by atoms with Gasteiger partial charge < -0.3 is 15.2 Å². The molecule has 0 radical (unpaired) electrons. The predicted octanol–water partition coefficient (Wildman–Crippen LogP) is 2.82. The lowest BCUT2D eigenvalue weighted by atomic mass is 9.99. The molecule has 0 aliphatic carbocycles. The molecule has 0 spiro atoms. The van der Waals surface area contributed by atoms with E-state index in [0.717, 1.165) is 10.7 Å². The molecule has 1 saturated heterocycles. The summed E-state index contributed by atoms with van der Waals surface area (Å²) in [5, 5.41) is 17.4. The van der Waals surface area contributed by atoms with Crippen LogP contribution in [-0.2, 0) is 4.74 Å². The number of carbonyl (C=O) groups excluding carboxylic acids is 1. The Labute approximate surface area is 188 Å². The van der Waals surface area contributed by atoms with Crippen LogP contribution in [-0.4, -0.2) is 46.7 Å². The highest BCUT2D eigenvalue weighted by molar-refractivity contribution is 6.30. The molecule has 1 aliphatic heterocycles. The summed E-state index contributed by atoms with van der Waals surface area (Å²) in [6, 6.07) is 13.0. The van der Waals surface area contributed by atoms with Crippen LogP contribution in [0.15, 0.2) is 59.4 Å². The smallest absolute Gasteiger partial charge is 0.284 e. The fourth-order valence-corrected chi connectivity index (χ4v) is 3.76. The minimum atomic E-state index is -0.704. The predicted molar refractivity (Wildman–Crippen MR) is 118 cm³/mol. The number of aromatic nitrogens is 2. The first-order valence-electron chi connectivity index (χ1n) is 10.1. The number of benzene rings is 2. The third-order valence-corrected chi connectivity index (χ3v) is 5.65. The van der Waals surface area contributed by atoms with Crippen molar-refractivity contribution in [2.45, 2.75) is 12.5 Å². The molecule has 0 bridgehead atoms. The Balaban J connectivity index is 1.78. The zero-order chi connectivity index (χ0) is 22.7. The zero-order valence-corrected chi connectivity index (χ0v) is 17.8. The summed E-state index contributed by atoms with van der Waals surface area (Å²) in [5.74, 6) is -1.24. The van der Waals surface area contributed by atoms with Crippen molar-refractivity contribution in [2.75, 3.05) is 19.8 Å². The molecule has 0 unspecified atom stereocenters. The number of carbonyl (C=O) groups is 1. The number of halogens is 2. The molecular weight excluding hydrogens is 437 g/mol. The maximum Gasteiger partial charge on any atom is 0.284 e. The summed E-state index contributed by atoms with van der Waals surface area (Å²) in [6.45, 7) is 0.692. The molecule has 7 nitrogen and oxygen atoms in total. The van der Waals surface area contributed by atoms with Crippen molar-refractivity contribution >= 4 is 17.5 Å². The maximum atomic E-state index is 13.8. The van der Waals surface area contributed by atoms with E-state index in [2.05, 4.69) is 10.4 Å². The molecule has 0 saturated carbocycles. The summed E-state index contributed by atoms with van der Waals surface area (Å²) in [5.41, 5.74) is 0.261. The summed E-state index contributed by atoms with van der Waals surface area (Å²) in [7, 11) is 0. The van der Waals surface area contributed by atoms with Gasteiger partial charge in [0.05, 0.1) is 30.6 Å². The standard InChI is InChI=1S/C23H21ClFN3O4/c24-16-6-4-14(5-7-16)20-11-19(22(30)26-21(12-29)15-8-9-32-13-15)23(31)28(27-20)18-3-1-2-17(25)10-18/h1-7,10-11,15,21,29H,8-9,12-13H2,(H,26,30)/t15-,21+/m1/s1. The van der Waals surface area contributed by atoms with E-state index in [1.807, 2.05) is 0 Å². The van der Waals surface area contributed by atoms with E-state index in [1.54, 1.807) is 24.3 Å². The second-order valence-corrected chi connectivity index (χ2v) is 7.97. The number of nitrogens with zero attached hydrogens (tertiary/aromatic N) is 2. The van der Waals surface area contributed by atoms with E-state index in [4.69, 9.17) is 16.3 Å². The lowest BCUT2D eigenvalue weighted by Gasteiger charge is -2.21. The molecule has 3 aromatic rings. The fourth-order valence-electron chi connectivity index (χ4n) is 3.63. The Bertz CT molecular complexity index is 1180. The molecule has 32 heavy (non-hydrogen) atoms. The Morgan fingerprint density at radius 1 is 1.28 bits per heavy atom. The third-order valence-electron chi connectivity index (χ3n) is 5.40. The van der Waals surface area contributed by atoms with E-state index in [0.29, 0.717) is 35.9 Å². The molecule has 2 heterocycles. The first-order chi connectivity index (χ1) is 15.5. The fraction of sp³-hybridized carbons (Fsp3) is 0.261. The zero-order valence-electron chi connectivity index (χ0n) is 17.0. The highest BCUT2D eigenvalue weighted by atomic mass is 35.5. The van der Waals surface area contributed by atoms with Gasteiger partial charge in [-0.15, -0.1) is 0 Å². The van der Waals surface area contributed by atoms with Gasteiger partial charge >= 0.3 is 0 Å². The van der Waals surface area contributed by atoms with E-state index < -0.39 is 23.3 Å². The summed E-state index contributed by atoms with van der Waals surface area (Å²) in [6.07, 6.45) is 0.700. The van der Waals surface area contributed by atoms with Crippen LogP contribution in [0.25, 0.3) is 16.9 Å². The van der Waals surface area contributed by atoms with Gasteiger partial charge in [-0.3, -0.25) is 9.59 Å². The average molecular weight is 458 g/mol. The van der Waals surface area contributed by atoms with Crippen LogP contribution in [0.4, 0.5) is 4.39 Å². The molecule has 1 amide bonds. The molecule has 4 rings (SSSR count). The first-order valence-corrected chi connectivity index (χ1v) is 10.5. The average Bonchev–Trinajstić information content (AvgIpc) is 3.33. The van der Waals surface area contributed by atoms with Crippen LogP contribution in [0.3, 0.4) is 0 Å². The topological polar surface area (TPSA) is 93.4 Å². The van der Waals surface area contributed by atoms with Gasteiger partial charge in [0, 0.05) is 23.1 Å². The van der Waals surface area contributed by atoms with Crippen LogP contribution in [0, 0.1) is 11.7 Å². The Morgan fingerprint density at radius 2 is 2.06 bits per heavy atom. The van der Waals surface area contributed by atoms with Crippen molar-refractivity contribution < 1.29 is 19.0 Å². The summed E-state index contributed by atoms with van der Waals surface area (Å²) < 4.78 is 20.2. The van der Waals surface area contributed by atoms with Crippen molar-refractivity contribution in [3.63, 3.8) is 0 Å². The van der Waals surface area contributed by atoms with Crippen molar-refractivity contribution in [1.82, 2.24) is 15.1 Å². The Hall–Kier alpha value is -3.07. The summed E-state index contributed by atoms with van der Waals surface area (Å²) >= 11 is 5.97. The van der Waals surface area contributed by atoms with E-state index in [1.165, 1.54) is 24.3 Å². The van der Waals surface area contributed by atoms with Gasteiger partial charge in [0.2, 0.25) is 0 Å². The molecule has 166 valence electrons. The van der Waals surface area contributed by atoms with Crippen molar-refractivity contribution in [1.29, 1.82) is 0 Å². The highest BCUT2D eigenvalue weighted by Gasteiger charge is 2.28. The largest absolute Gasteiger partial charge is 0.394 e. The number of nitrogens with one attached hydrogen (secondary N) is 1. The molecule has 9 heteroatoms. The highest BCUT2D eigenvalue weighted by Crippen LogP contribution is 2.21. The minimum absolute atomic E-state index is 0.0491. The number of hydrogen-bond acceptors (Lipinski definition) is 5. The Kier molecular flexibility index (Phi) is 6.64. The lowest BCUT2D eigenvalue weighted by molar-refractivity contribution is 0.0875. The van der Waals surface area contributed by atoms with Crippen LogP contribution in [0.5, 0.6) is 0 Å². The Morgan fingerprint density at radius 3 is 2.72 bits per heavy atom. The summed E-state index contributed by atoms with van der Waals surface area (Å²) in [4.78, 5) is 26.2. The monoisotopic (exact) mass is 457 g/mol. The number of rotatable bonds is 6. The van der Waals surface area contributed by atoms with Gasteiger partial charge in [0.25, 0.3) is 11.5 Å². The number of amides is 1. The van der Waals surface area contributed by atoms with Crippen molar-refractivity contribution in [2.24, 2.45) is 5.92 Å². The normalized spacial score (nSPS) is 16.7. The minimum Gasteiger partial charge on any atom is -0.394 e. The molecule has 1 aliphatic rings. The quantitative estimate of drug-likeness (QED) is 0.593. The van der Waals surface area contributed by atoms with Gasteiger partial charge in [0.1, 0.15) is 11.4 Å². The van der Waals surface area contributed by atoms with Gasteiger partial charge in [-0.2, -0.15) is 9.78 Å².